The van der Waals surface area contributed by atoms with Gasteiger partial charge in [-0.1, -0.05) is 60.7 Å². The quantitative estimate of drug-likeness (QED) is 0.582. The summed E-state index contributed by atoms with van der Waals surface area (Å²) in [5.41, 5.74) is 6.15. The van der Waals surface area contributed by atoms with Crippen molar-refractivity contribution in [3.05, 3.63) is 71.8 Å². The molecular weight excluding hydrogens is 332 g/mol. The van der Waals surface area contributed by atoms with Crippen LogP contribution >= 0.6 is 0 Å². The number of hydrogen-bond acceptors (Lipinski definition) is 4. The maximum absolute atomic E-state index is 12.6. The molecule has 0 aromatic heterocycles. The van der Waals surface area contributed by atoms with Gasteiger partial charge in [0.05, 0.1) is 6.61 Å². The van der Waals surface area contributed by atoms with Crippen molar-refractivity contribution >= 4 is 17.8 Å². The number of rotatable bonds is 7. The molecule has 0 aliphatic rings. The number of esters is 1. The van der Waals surface area contributed by atoms with Gasteiger partial charge in [0.15, 0.2) is 0 Å². The van der Waals surface area contributed by atoms with Gasteiger partial charge in [-0.3, -0.25) is 9.59 Å². The maximum atomic E-state index is 12.6. The van der Waals surface area contributed by atoms with Gasteiger partial charge in [-0.2, -0.15) is 0 Å². The molecule has 2 aromatic rings. The average Bonchev–Trinajstić information content (AvgIpc) is 2.66. The zero-order chi connectivity index (χ0) is 19.0. The highest BCUT2D eigenvalue weighted by atomic mass is 16.5. The Morgan fingerprint density at radius 1 is 0.962 bits per heavy atom. The topological polar surface area (TPSA) is 98.5 Å². The highest BCUT2D eigenvalue weighted by Gasteiger charge is 2.40. The number of hydrogen-bond donors (Lipinski definition) is 2. The fourth-order valence-electron chi connectivity index (χ4n) is 2.94. The maximum Gasteiger partial charge on any atom is 0.396 e. The third-order valence-electron chi connectivity index (χ3n) is 4.20. The third-order valence-corrected chi connectivity index (χ3v) is 4.20. The van der Waals surface area contributed by atoms with Crippen molar-refractivity contribution in [2.75, 3.05) is 13.2 Å². The molecule has 2 aromatic carbocycles. The van der Waals surface area contributed by atoms with E-state index in [-0.39, 0.29) is 19.6 Å². The molecule has 2 rings (SSSR count). The van der Waals surface area contributed by atoms with Crippen molar-refractivity contribution in [2.24, 2.45) is 5.73 Å². The predicted octanol–water partition coefficient (Wildman–Crippen LogP) is 1.53. The number of ether oxygens (including phenoxy) is 1. The van der Waals surface area contributed by atoms with E-state index in [0.717, 1.165) is 11.1 Å². The number of benzene rings is 2. The van der Waals surface area contributed by atoms with Gasteiger partial charge < -0.3 is 15.8 Å². The average molecular weight is 354 g/mol. The summed E-state index contributed by atoms with van der Waals surface area (Å²) in [6.07, 6.45) is 0.210. The molecule has 6 nitrogen and oxygen atoms in total. The minimum Gasteiger partial charge on any atom is -0.459 e. The molecule has 0 heterocycles. The molecule has 0 unspecified atom stereocenters. The summed E-state index contributed by atoms with van der Waals surface area (Å²) in [4.78, 5) is 35.8. The fraction of sp³-hybridized carbons (Fsp3) is 0.250. The van der Waals surface area contributed by atoms with E-state index < -0.39 is 23.2 Å². The number of nitrogens with two attached hydrogens (primary N) is 1. The van der Waals surface area contributed by atoms with Crippen LogP contribution in [0, 0.1) is 0 Å². The predicted molar refractivity (Wildman–Crippen MR) is 97.1 cm³/mol. The van der Waals surface area contributed by atoms with Crippen LogP contribution < -0.4 is 11.1 Å². The molecule has 0 aliphatic heterocycles. The summed E-state index contributed by atoms with van der Waals surface area (Å²) < 4.78 is 4.66. The third kappa shape index (κ3) is 4.08. The monoisotopic (exact) mass is 354 g/mol. The Labute approximate surface area is 152 Å². The Morgan fingerprint density at radius 3 is 1.88 bits per heavy atom. The summed E-state index contributed by atoms with van der Waals surface area (Å²) in [5.74, 6) is -2.32. The summed E-state index contributed by atoms with van der Waals surface area (Å²) in [6.45, 7) is 1.82. The summed E-state index contributed by atoms with van der Waals surface area (Å²) in [5, 5.41) is 2.50. The van der Waals surface area contributed by atoms with E-state index >= 15 is 0 Å². The van der Waals surface area contributed by atoms with E-state index in [2.05, 4.69) is 10.1 Å². The summed E-state index contributed by atoms with van der Waals surface area (Å²) >= 11 is 0. The SMILES string of the molecule is CCOC(=O)C(=O)NCCC(C(N)=O)(c1ccccc1)c1ccccc1. The smallest absolute Gasteiger partial charge is 0.396 e. The number of primary amides is 1. The molecule has 0 atom stereocenters. The van der Waals surface area contributed by atoms with Gasteiger partial charge in [-0.25, -0.2) is 4.79 Å². The number of nitrogens with one attached hydrogen (secondary N) is 1. The van der Waals surface area contributed by atoms with Gasteiger partial charge in [0.2, 0.25) is 5.91 Å². The molecule has 3 N–H and O–H groups in total. The Hall–Kier alpha value is -3.15. The first-order chi connectivity index (χ1) is 12.5. The number of amides is 2. The number of carbonyl (C=O) groups is 3. The molecular formula is C20H22N2O4. The Balaban J connectivity index is 2.31. The molecule has 0 spiro atoms. The number of carbonyl (C=O) groups excluding carboxylic acids is 3. The van der Waals surface area contributed by atoms with E-state index in [4.69, 9.17) is 5.73 Å². The first-order valence-corrected chi connectivity index (χ1v) is 8.38. The van der Waals surface area contributed by atoms with Crippen LogP contribution in [0.25, 0.3) is 0 Å². The van der Waals surface area contributed by atoms with Crippen molar-refractivity contribution in [3.8, 4) is 0 Å². The van der Waals surface area contributed by atoms with E-state index in [9.17, 15) is 14.4 Å². The van der Waals surface area contributed by atoms with Crippen LogP contribution in [0.1, 0.15) is 24.5 Å². The molecule has 2 amide bonds. The molecule has 0 bridgehead atoms. The van der Waals surface area contributed by atoms with E-state index in [1.54, 1.807) is 6.92 Å². The van der Waals surface area contributed by atoms with Crippen molar-refractivity contribution in [3.63, 3.8) is 0 Å². The van der Waals surface area contributed by atoms with Crippen LogP contribution in [0.4, 0.5) is 0 Å². The van der Waals surface area contributed by atoms with Crippen molar-refractivity contribution in [2.45, 2.75) is 18.8 Å². The highest BCUT2D eigenvalue weighted by molar-refractivity contribution is 6.32. The van der Waals surface area contributed by atoms with E-state index in [0.29, 0.717) is 0 Å². The van der Waals surface area contributed by atoms with Crippen LogP contribution in [0.15, 0.2) is 60.7 Å². The molecule has 0 aliphatic carbocycles. The zero-order valence-corrected chi connectivity index (χ0v) is 14.6. The second kappa shape index (κ2) is 8.80. The lowest BCUT2D eigenvalue weighted by Gasteiger charge is -2.32. The first-order valence-electron chi connectivity index (χ1n) is 8.38. The van der Waals surface area contributed by atoms with E-state index in [1.165, 1.54) is 0 Å². The molecule has 6 heteroatoms. The van der Waals surface area contributed by atoms with Gasteiger partial charge in [-0.05, 0) is 24.5 Å². The fourth-order valence-corrected chi connectivity index (χ4v) is 2.94. The van der Waals surface area contributed by atoms with Gasteiger partial charge in [0.25, 0.3) is 0 Å². The minimum absolute atomic E-state index is 0.0877. The summed E-state index contributed by atoms with van der Waals surface area (Å²) in [7, 11) is 0. The first kappa shape index (κ1) is 19.2. The molecule has 0 radical (unpaired) electrons. The van der Waals surface area contributed by atoms with Crippen LogP contribution in [0.3, 0.4) is 0 Å². The van der Waals surface area contributed by atoms with Crippen LogP contribution in [0.2, 0.25) is 0 Å². The molecule has 26 heavy (non-hydrogen) atoms. The lowest BCUT2D eigenvalue weighted by molar-refractivity contribution is -0.154. The molecule has 0 saturated heterocycles. The molecule has 0 saturated carbocycles. The summed E-state index contributed by atoms with van der Waals surface area (Å²) in [6, 6.07) is 18.3. The second-order valence-corrected chi connectivity index (χ2v) is 5.73. The van der Waals surface area contributed by atoms with Crippen molar-refractivity contribution in [1.29, 1.82) is 0 Å². The standard InChI is InChI=1S/C20H22N2O4/c1-2-26-18(24)17(23)22-14-13-20(19(21)25,15-9-5-3-6-10-15)16-11-7-4-8-12-16/h3-12H,2,13-14H2,1H3,(H2,21,25)(H,22,23). The normalized spacial score (nSPS) is 10.8. The zero-order valence-electron chi connectivity index (χ0n) is 14.6. The van der Waals surface area contributed by atoms with Gasteiger partial charge in [0, 0.05) is 6.54 Å². The van der Waals surface area contributed by atoms with Crippen molar-refractivity contribution in [1.82, 2.24) is 5.32 Å². The lowest BCUT2D eigenvalue weighted by Crippen LogP contribution is -2.45. The Bertz CT molecular complexity index is 720. The van der Waals surface area contributed by atoms with Gasteiger partial charge >= 0.3 is 11.9 Å². The van der Waals surface area contributed by atoms with Crippen LogP contribution in [-0.2, 0) is 24.5 Å². The largest absolute Gasteiger partial charge is 0.459 e. The van der Waals surface area contributed by atoms with Crippen molar-refractivity contribution < 1.29 is 19.1 Å². The molecule has 136 valence electrons. The van der Waals surface area contributed by atoms with Gasteiger partial charge in [0.1, 0.15) is 5.41 Å². The highest BCUT2D eigenvalue weighted by Crippen LogP contribution is 2.35. The van der Waals surface area contributed by atoms with Gasteiger partial charge in [-0.15, -0.1) is 0 Å². The molecule has 0 fully saturated rings. The van der Waals surface area contributed by atoms with Crippen LogP contribution in [-0.4, -0.2) is 30.9 Å². The second-order valence-electron chi connectivity index (χ2n) is 5.73. The van der Waals surface area contributed by atoms with E-state index in [1.807, 2.05) is 60.7 Å². The minimum atomic E-state index is -1.12. The van der Waals surface area contributed by atoms with Crippen LogP contribution in [0.5, 0.6) is 0 Å². The lowest BCUT2D eigenvalue weighted by atomic mass is 9.71. The Morgan fingerprint density at radius 2 is 1.46 bits per heavy atom. The Kier molecular flexibility index (Phi) is 6.49.